The standard InChI is InChI=1S/C16H27N3O3/c1-4-13-6-7-15(22-13)14(12-21-3)17-16(20)19-10-8-18(5-2)9-11-19/h6-7,14H,4-5,8-12H2,1-3H3,(H,17,20)/t14-/m0/s1. The van der Waals surface area contributed by atoms with Gasteiger partial charge in [0.05, 0.1) is 6.61 Å². The number of methoxy groups -OCH3 is 1. The molecule has 22 heavy (non-hydrogen) atoms. The fourth-order valence-electron chi connectivity index (χ4n) is 2.64. The molecule has 0 saturated carbocycles. The molecule has 0 unspecified atom stereocenters. The lowest BCUT2D eigenvalue weighted by atomic mass is 10.2. The second kappa shape index (κ2) is 8.19. The molecule has 1 saturated heterocycles. The van der Waals surface area contributed by atoms with Crippen LogP contribution in [0.1, 0.15) is 31.4 Å². The molecule has 2 heterocycles. The molecule has 1 fully saturated rings. The summed E-state index contributed by atoms with van der Waals surface area (Å²) in [6, 6.07) is 3.57. The van der Waals surface area contributed by atoms with Crippen molar-refractivity contribution in [3.63, 3.8) is 0 Å². The Balaban J connectivity index is 1.94. The maximum Gasteiger partial charge on any atom is 0.318 e. The Labute approximate surface area is 132 Å². The smallest absolute Gasteiger partial charge is 0.318 e. The Hall–Kier alpha value is -1.53. The Morgan fingerprint density at radius 3 is 2.59 bits per heavy atom. The van der Waals surface area contributed by atoms with Gasteiger partial charge >= 0.3 is 6.03 Å². The molecule has 0 aliphatic carbocycles. The first-order valence-corrected chi connectivity index (χ1v) is 8.03. The van der Waals surface area contributed by atoms with Gasteiger partial charge in [-0.2, -0.15) is 0 Å². The molecule has 1 aromatic heterocycles. The van der Waals surface area contributed by atoms with E-state index in [1.807, 2.05) is 24.0 Å². The molecule has 2 rings (SSSR count). The van der Waals surface area contributed by atoms with Crippen LogP contribution in [0.3, 0.4) is 0 Å². The number of hydrogen-bond donors (Lipinski definition) is 1. The van der Waals surface area contributed by atoms with Crippen LogP contribution in [0.2, 0.25) is 0 Å². The number of rotatable bonds is 6. The number of ether oxygens (including phenoxy) is 1. The van der Waals surface area contributed by atoms with Crippen molar-refractivity contribution < 1.29 is 13.9 Å². The van der Waals surface area contributed by atoms with E-state index >= 15 is 0 Å². The Morgan fingerprint density at radius 2 is 2.05 bits per heavy atom. The van der Waals surface area contributed by atoms with E-state index in [4.69, 9.17) is 9.15 Å². The van der Waals surface area contributed by atoms with Gasteiger partial charge in [-0.25, -0.2) is 4.79 Å². The van der Waals surface area contributed by atoms with Gasteiger partial charge in [0.15, 0.2) is 0 Å². The average molecular weight is 309 g/mol. The molecule has 1 aliphatic heterocycles. The number of carbonyl (C=O) groups excluding carboxylic acids is 1. The van der Waals surface area contributed by atoms with Crippen LogP contribution < -0.4 is 5.32 Å². The van der Waals surface area contributed by atoms with E-state index in [0.717, 1.165) is 50.7 Å². The first-order valence-electron chi connectivity index (χ1n) is 8.03. The highest BCUT2D eigenvalue weighted by atomic mass is 16.5. The van der Waals surface area contributed by atoms with Crippen molar-refractivity contribution >= 4 is 6.03 Å². The van der Waals surface area contributed by atoms with Crippen molar-refractivity contribution in [2.45, 2.75) is 26.3 Å². The van der Waals surface area contributed by atoms with E-state index in [2.05, 4.69) is 17.1 Å². The van der Waals surface area contributed by atoms with Crippen LogP contribution in [0.4, 0.5) is 4.79 Å². The third-order valence-electron chi connectivity index (χ3n) is 4.11. The van der Waals surface area contributed by atoms with Crippen molar-refractivity contribution in [2.24, 2.45) is 0 Å². The molecule has 0 aromatic carbocycles. The Morgan fingerprint density at radius 1 is 1.32 bits per heavy atom. The molecule has 124 valence electrons. The summed E-state index contributed by atoms with van der Waals surface area (Å²) in [7, 11) is 1.63. The molecule has 0 radical (unpaired) electrons. The molecule has 1 N–H and O–H groups in total. The van der Waals surface area contributed by atoms with Gasteiger partial charge in [0.2, 0.25) is 0 Å². The molecule has 6 nitrogen and oxygen atoms in total. The highest BCUT2D eigenvalue weighted by Crippen LogP contribution is 2.18. The number of carbonyl (C=O) groups is 1. The van der Waals surface area contributed by atoms with Crippen molar-refractivity contribution in [1.29, 1.82) is 0 Å². The second-order valence-corrected chi connectivity index (χ2v) is 5.54. The van der Waals surface area contributed by atoms with E-state index < -0.39 is 0 Å². The number of furan rings is 1. The summed E-state index contributed by atoms with van der Waals surface area (Å²) in [5.74, 6) is 1.67. The summed E-state index contributed by atoms with van der Waals surface area (Å²) < 4.78 is 11.0. The van der Waals surface area contributed by atoms with Crippen LogP contribution in [-0.2, 0) is 11.2 Å². The van der Waals surface area contributed by atoms with Gasteiger partial charge < -0.3 is 24.3 Å². The van der Waals surface area contributed by atoms with Gasteiger partial charge in [0.1, 0.15) is 17.6 Å². The first kappa shape index (κ1) is 16.8. The predicted molar refractivity (Wildman–Crippen MR) is 84.9 cm³/mol. The predicted octanol–water partition coefficient (Wildman–Crippen LogP) is 1.88. The highest BCUT2D eigenvalue weighted by molar-refractivity contribution is 5.74. The minimum Gasteiger partial charge on any atom is -0.464 e. The van der Waals surface area contributed by atoms with Gasteiger partial charge in [-0.05, 0) is 18.7 Å². The van der Waals surface area contributed by atoms with Crippen LogP contribution in [0, 0.1) is 0 Å². The molecule has 1 aliphatic rings. The van der Waals surface area contributed by atoms with Crippen LogP contribution >= 0.6 is 0 Å². The van der Waals surface area contributed by atoms with Crippen molar-refractivity contribution in [2.75, 3.05) is 46.4 Å². The average Bonchev–Trinajstić information content (AvgIpc) is 3.03. The maximum atomic E-state index is 12.4. The van der Waals surface area contributed by atoms with E-state index in [0.29, 0.717) is 6.61 Å². The van der Waals surface area contributed by atoms with E-state index in [1.165, 1.54) is 0 Å². The number of likely N-dealkylation sites (N-methyl/N-ethyl adjacent to an activating group) is 1. The molecular formula is C16H27N3O3. The van der Waals surface area contributed by atoms with Crippen LogP contribution in [0.15, 0.2) is 16.5 Å². The highest BCUT2D eigenvalue weighted by Gasteiger charge is 2.24. The van der Waals surface area contributed by atoms with Gasteiger partial charge in [-0.1, -0.05) is 13.8 Å². The van der Waals surface area contributed by atoms with E-state index in [9.17, 15) is 4.79 Å². The number of piperazine rings is 1. The van der Waals surface area contributed by atoms with E-state index in [1.54, 1.807) is 7.11 Å². The van der Waals surface area contributed by atoms with Crippen LogP contribution in [0.25, 0.3) is 0 Å². The topological polar surface area (TPSA) is 58.0 Å². The zero-order chi connectivity index (χ0) is 15.9. The minimum atomic E-state index is -0.248. The minimum absolute atomic E-state index is 0.0488. The maximum absolute atomic E-state index is 12.4. The van der Waals surface area contributed by atoms with Crippen LogP contribution in [0.5, 0.6) is 0 Å². The number of urea groups is 1. The van der Waals surface area contributed by atoms with Crippen molar-refractivity contribution in [1.82, 2.24) is 15.1 Å². The number of nitrogens with zero attached hydrogens (tertiary/aromatic N) is 2. The molecule has 0 bridgehead atoms. The molecule has 0 spiro atoms. The number of nitrogens with one attached hydrogen (secondary N) is 1. The monoisotopic (exact) mass is 309 g/mol. The molecule has 2 amide bonds. The summed E-state index contributed by atoms with van der Waals surface area (Å²) >= 11 is 0. The summed E-state index contributed by atoms with van der Waals surface area (Å²) in [4.78, 5) is 16.6. The summed E-state index contributed by atoms with van der Waals surface area (Å²) in [6.45, 7) is 9.01. The lowest BCUT2D eigenvalue weighted by molar-refractivity contribution is 0.125. The Bertz CT molecular complexity index is 467. The third-order valence-corrected chi connectivity index (χ3v) is 4.11. The first-order chi connectivity index (χ1) is 10.7. The summed E-state index contributed by atoms with van der Waals surface area (Å²) in [5.41, 5.74) is 0. The zero-order valence-electron chi connectivity index (χ0n) is 13.8. The largest absolute Gasteiger partial charge is 0.464 e. The fraction of sp³-hybridized carbons (Fsp3) is 0.688. The molecule has 1 aromatic rings. The van der Waals surface area contributed by atoms with Gasteiger partial charge in [0.25, 0.3) is 0 Å². The van der Waals surface area contributed by atoms with Crippen LogP contribution in [-0.4, -0.2) is 62.3 Å². The Kier molecular flexibility index (Phi) is 6.27. The summed E-state index contributed by atoms with van der Waals surface area (Å²) in [6.07, 6.45) is 0.840. The van der Waals surface area contributed by atoms with Gasteiger partial charge in [0, 0.05) is 39.7 Å². The number of amides is 2. The second-order valence-electron chi connectivity index (χ2n) is 5.54. The van der Waals surface area contributed by atoms with Crippen molar-refractivity contribution in [3.8, 4) is 0 Å². The van der Waals surface area contributed by atoms with Crippen molar-refractivity contribution in [3.05, 3.63) is 23.7 Å². The zero-order valence-corrected chi connectivity index (χ0v) is 13.8. The quantitative estimate of drug-likeness (QED) is 0.871. The molecule has 6 heteroatoms. The lowest BCUT2D eigenvalue weighted by Crippen LogP contribution is -2.52. The number of aryl methyl sites for hydroxylation is 1. The number of hydrogen-bond acceptors (Lipinski definition) is 4. The van der Waals surface area contributed by atoms with Gasteiger partial charge in [-0.3, -0.25) is 0 Å². The lowest BCUT2D eigenvalue weighted by Gasteiger charge is -2.34. The fourth-order valence-corrected chi connectivity index (χ4v) is 2.64. The van der Waals surface area contributed by atoms with E-state index in [-0.39, 0.29) is 12.1 Å². The molecule has 1 atom stereocenters. The normalized spacial score (nSPS) is 17.5. The third kappa shape index (κ3) is 4.24. The van der Waals surface area contributed by atoms with Gasteiger partial charge in [-0.15, -0.1) is 0 Å². The SMILES string of the molecule is CCc1ccc([C@H](COC)NC(=O)N2CCN(CC)CC2)o1. The summed E-state index contributed by atoms with van der Waals surface area (Å²) in [5, 5.41) is 3.02. The molecular weight excluding hydrogens is 282 g/mol.